The highest BCUT2D eigenvalue weighted by atomic mass is 16.7. The second-order valence-corrected chi connectivity index (χ2v) is 8.88. The zero-order valence-electron chi connectivity index (χ0n) is 21.1. The Morgan fingerprint density at radius 2 is 1.26 bits per heavy atom. The SMILES string of the molecule is [N-]=[N+]=NCCO[C@@H]1O[C@H](COCc2ccccc2)[C@@H](OCc2ccccc2)[C@H](OCc2ccccc2)[C@@H]1O. The standard InChI is InChI=1S/C29H33N3O6/c30-32-31-16-17-35-29-26(33)28(37-20-24-14-8-3-9-15-24)27(36-19-23-12-6-2-7-13-23)25(38-29)21-34-18-22-10-4-1-5-11-22/h1-15,25-29,33H,16-21H2/t25-,26+,27-,28-,29-/m1/s1. The van der Waals surface area contributed by atoms with Crippen LogP contribution in [-0.2, 0) is 43.5 Å². The third-order valence-corrected chi connectivity index (χ3v) is 6.12. The van der Waals surface area contributed by atoms with E-state index in [4.69, 9.17) is 29.2 Å². The minimum atomic E-state index is -1.14. The molecule has 0 spiro atoms. The Morgan fingerprint density at radius 3 is 1.82 bits per heavy atom. The number of benzene rings is 3. The quantitative estimate of drug-likeness (QED) is 0.142. The minimum absolute atomic E-state index is 0.0876. The predicted octanol–water partition coefficient (Wildman–Crippen LogP) is 4.79. The van der Waals surface area contributed by atoms with Gasteiger partial charge in [-0.15, -0.1) is 0 Å². The second-order valence-electron chi connectivity index (χ2n) is 8.88. The van der Waals surface area contributed by atoms with E-state index in [9.17, 15) is 5.11 Å². The van der Waals surface area contributed by atoms with E-state index in [1.807, 2.05) is 91.0 Å². The third kappa shape index (κ3) is 8.37. The number of aliphatic hydroxyl groups is 1. The van der Waals surface area contributed by atoms with E-state index >= 15 is 0 Å². The van der Waals surface area contributed by atoms with Crippen LogP contribution in [0.2, 0.25) is 0 Å². The zero-order valence-corrected chi connectivity index (χ0v) is 21.1. The van der Waals surface area contributed by atoms with Crippen LogP contribution in [0.4, 0.5) is 0 Å². The highest BCUT2D eigenvalue weighted by Gasteiger charge is 2.47. The summed E-state index contributed by atoms with van der Waals surface area (Å²) in [5, 5.41) is 14.7. The molecule has 1 aliphatic heterocycles. The van der Waals surface area contributed by atoms with Crippen molar-refractivity contribution in [1.29, 1.82) is 0 Å². The first kappa shape index (κ1) is 27.8. The molecule has 1 aliphatic rings. The number of nitrogens with zero attached hydrogens (tertiary/aromatic N) is 3. The smallest absolute Gasteiger partial charge is 0.186 e. The second kappa shape index (κ2) is 15.2. The Labute approximate surface area is 222 Å². The molecule has 1 heterocycles. The summed E-state index contributed by atoms with van der Waals surface area (Å²) >= 11 is 0. The van der Waals surface area contributed by atoms with Gasteiger partial charge in [-0.05, 0) is 22.2 Å². The van der Waals surface area contributed by atoms with E-state index in [0.717, 1.165) is 16.7 Å². The molecule has 0 aromatic heterocycles. The Bertz CT molecular complexity index is 1110. The number of hydrogen-bond donors (Lipinski definition) is 1. The van der Waals surface area contributed by atoms with Gasteiger partial charge in [-0.2, -0.15) is 0 Å². The molecule has 0 bridgehead atoms. The van der Waals surface area contributed by atoms with Gasteiger partial charge in [-0.25, -0.2) is 0 Å². The molecular formula is C29H33N3O6. The van der Waals surface area contributed by atoms with Gasteiger partial charge < -0.3 is 28.8 Å². The molecule has 1 N–H and O–H groups in total. The Morgan fingerprint density at radius 1 is 0.737 bits per heavy atom. The number of azide groups is 1. The van der Waals surface area contributed by atoms with Crippen LogP contribution in [0.1, 0.15) is 16.7 Å². The summed E-state index contributed by atoms with van der Waals surface area (Å²) in [5.41, 5.74) is 11.5. The summed E-state index contributed by atoms with van der Waals surface area (Å²) in [6.45, 7) is 1.38. The molecule has 3 aromatic rings. The first-order chi connectivity index (χ1) is 18.7. The fraction of sp³-hybridized carbons (Fsp3) is 0.379. The van der Waals surface area contributed by atoms with Crippen LogP contribution in [0.25, 0.3) is 10.4 Å². The van der Waals surface area contributed by atoms with Crippen molar-refractivity contribution >= 4 is 0 Å². The molecule has 4 rings (SSSR count). The summed E-state index contributed by atoms with van der Waals surface area (Å²) in [6, 6.07) is 29.4. The van der Waals surface area contributed by atoms with Gasteiger partial charge in [0.2, 0.25) is 0 Å². The van der Waals surface area contributed by atoms with Crippen molar-refractivity contribution in [3.05, 3.63) is 118 Å². The fourth-order valence-corrected chi connectivity index (χ4v) is 4.21. The van der Waals surface area contributed by atoms with Crippen LogP contribution in [-0.4, -0.2) is 55.6 Å². The molecule has 3 aromatic carbocycles. The van der Waals surface area contributed by atoms with E-state index in [-0.39, 0.29) is 26.4 Å². The molecule has 5 atom stereocenters. The lowest BCUT2D eigenvalue weighted by Crippen LogP contribution is -2.61. The maximum atomic E-state index is 11.3. The lowest BCUT2D eigenvalue weighted by molar-refractivity contribution is -0.318. The monoisotopic (exact) mass is 519 g/mol. The van der Waals surface area contributed by atoms with Crippen molar-refractivity contribution in [2.45, 2.75) is 50.5 Å². The summed E-state index contributed by atoms with van der Waals surface area (Å²) in [4.78, 5) is 2.74. The van der Waals surface area contributed by atoms with Crippen molar-refractivity contribution in [1.82, 2.24) is 0 Å². The molecule has 0 saturated carbocycles. The minimum Gasteiger partial charge on any atom is -0.385 e. The molecule has 9 nitrogen and oxygen atoms in total. The molecule has 9 heteroatoms. The molecule has 0 amide bonds. The Kier molecular flexibility index (Phi) is 11.1. The summed E-state index contributed by atoms with van der Waals surface area (Å²) in [7, 11) is 0. The van der Waals surface area contributed by atoms with Gasteiger partial charge in [-0.3, -0.25) is 0 Å². The molecule has 0 unspecified atom stereocenters. The first-order valence-electron chi connectivity index (χ1n) is 12.6. The Hall–Kier alpha value is -3.27. The highest BCUT2D eigenvalue weighted by molar-refractivity contribution is 5.15. The summed E-state index contributed by atoms with van der Waals surface area (Å²) in [5.74, 6) is 0. The van der Waals surface area contributed by atoms with Gasteiger partial charge >= 0.3 is 0 Å². The molecule has 38 heavy (non-hydrogen) atoms. The van der Waals surface area contributed by atoms with Gasteiger partial charge in [0.1, 0.15) is 24.4 Å². The number of aliphatic hydroxyl groups excluding tert-OH is 1. The number of ether oxygens (including phenoxy) is 5. The van der Waals surface area contributed by atoms with Gasteiger partial charge in [0.05, 0.1) is 33.0 Å². The predicted molar refractivity (Wildman–Crippen MR) is 141 cm³/mol. The maximum absolute atomic E-state index is 11.3. The molecular weight excluding hydrogens is 486 g/mol. The van der Waals surface area contributed by atoms with Crippen LogP contribution in [0.15, 0.2) is 96.1 Å². The normalized spacial score (nSPS) is 23.0. The molecule has 0 aliphatic carbocycles. The van der Waals surface area contributed by atoms with Gasteiger partial charge in [0.15, 0.2) is 6.29 Å². The molecule has 1 saturated heterocycles. The number of rotatable bonds is 14. The topological polar surface area (TPSA) is 115 Å². The third-order valence-electron chi connectivity index (χ3n) is 6.12. The van der Waals surface area contributed by atoms with E-state index in [1.165, 1.54) is 0 Å². The average molecular weight is 520 g/mol. The first-order valence-corrected chi connectivity index (χ1v) is 12.6. The van der Waals surface area contributed by atoms with E-state index in [0.29, 0.717) is 13.2 Å². The average Bonchev–Trinajstić information content (AvgIpc) is 2.96. The fourth-order valence-electron chi connectivity index (χ4n) is 4.21. The van der Waals surface area contributed by atoms with Crippen molar-refractivity contribution in [2.24, 2.45) is 5.11 Å². The van der Waals surface area contributed by atoms with E-state index in [2.05, 4.69) is 10.0 Å². The molecule has 200 valence electrons. The summed E-state index contributed by atoms with van der Waals surface area (Å²) < 4.78 is 30.5. The van der Waals surface area contributed by atoms with Crippen molar-refractivity contribution in [2.75, 3.05) is 19.8 Å². The Balaban J connectivity index is 1.51. The maximum Gasteiger partial charge on any atom is 0.186 e. The van der Waals surface area contributed by atoms with E-state index in [1.54, 1.807) is 0 Å². The lowest BCUT2D eigenvalue weighted by atomic mass is 9.98. The van der Waals surface area contributed by atoms with E-state index < -0.39 is 30.7 Å². The van der Waals surface area contributed by atoms with Crippen molar-refractivity contribution in [3.8, 4) is 0 Å². The van der Waals surface area contributed by atoms with Crippen LogP contribution >= 0.6 is 0 Å². The van der Waals surface area contributed by atoms with Gasteiger partial charge in [0.25, 0.3) is 0 Å². The number of hydrogen-bond acceptors (Lipinski definition) is 7. The highest BCUT2D eigenvalue weighted by Crippen LogP contribution is 2.29. The van der Waals surface area contributed by atoms with Crippen molar-refractivity contribution in [3.63, 3.8) is 0 Å². The molecule has 0 radical (unpaired) electrons. The largest absolute Gasteiger partial charge is 0.385 e. The lowest BCUT2D eigenvalue weighted by Gasteiger charge is -2.44. The molecule has 1 fully saturated rings. The van der Waals surface area contributed by atoms with Crippen LogP contribution in [0.5, 0.6) is 0 Å². The van der Waals surface area contributed by atoms with Crippen molar-refractivity contribution < 1.29 is 28.8 Å². The summed E-state index contributed by atoms with van der Waals surface area (Å²) in [6.07, 6.45) is -4.14. The van der Waals surface area contributed by atoms with Gasteiger partial charge in [-0.1, -0.05) is 96.1 Å². The van der Waals surface area contributed by atoms with Gasteiger partial charge in [0, 0.05) is 11.5 Å². The van der Waals surface area contributed by atoms with Crippen LogP contribution in [0, 0.1) is 0 Å². The van der Waals surface area contributed by atoms with Crippen LogP contribution < -0.4 is 0 Å². The zero-order chi connectivity index (χ0) is 26.4. The van der Waals surface area contributed by atoms with Crippen LogP contribution in [0.3, 0.4) is 0 Å².